The first-order valence-electron chi connectivity index (χ1n) is 7.16. The number of rotatable bonds is 7. The van der Waals surface area contributed by atoms with E-state index in [0.717, 1.165) is 24.8 Å². The minimum atomic E-state index is -3.64. The lowest BCUT2D eigenvalue weighted by atomic mass is 10.0. The number of amides is 1. The number of sulfonamides is 1. The minimum Gasteiger partial charge on any atom is -0.353 e. The van der Waals surface area contributed by atoms with Crippen LogP contribution in [0.3, 0.4) is 0 Å². The van der Waals surface area contributed by atoms with Gasteiger partial charge in [-0.2, -0.15) is 0 Å². The van der Waals surface area contributed by atoms with E-state index in [1.54, 1.807) is 12.1 Å². The van der Waals surface area contributed by atoms with E-state index < -0.39 is 10.0 Å². The standard InChI is InChI=1S/C15H24N2O3S/c1-4-11(2)15(18)17-12(3)5-6-13-7-9-14(10-8-13)21(16,19)20/h7-12H,4-6H2,1-3H3,(H,17,18)(H2,16,19,20). The van der Waals surface area contributed by atoms with E-state index in [1.807, 2.05) is 20.8 Å². The SMILES string of the molecule is CCC(C)C(=O)NC(C)CCc1ccc(S(N)(=O)=O)cc1. The van der Waals surface area contributed by atoms with Crippen molar-refractivity contribution in [3.8, 4) is 0 Å². The van der Waals surface area contributed by atoms with E-state index >= 15 is 0 Å². The Bertz CT molecular complexity index is 567. The highest BCUT2D eigenvalue weighted by atomic mass is 32.2. The molecule has 0 fully saturated rings. The molecule has 0 saturated carbocycles. The van der Waals surface area contributed by atoms with Crippen molar-refractivity contribution in [2.75, 3.05) is 0 Å². The molecule has 1 rings (SSSR count). The summed E-state index contributed by atoms with van der Waals surface area (Å²) in [6, 6.07) is 6.61. The first kappa shape index (κ1) is 17.7. The number of nitrogens with two attached hydrogens (primary N) is 1. The number of hydrogen-bond donors (Lipinski definition) is 2. The van der Waals surface area contributed by atoms with Gasteiger partial charge in [-0.1, -0.05) is 26.0 Å². The van der Waals surface area contributed by atoms with Gasteiger partial charge in [0.05, 0.1) is 4.90 Å². The fraction of sp³-hybridized carbons (Fsp3) is 0.533. The summed E-state index contributed by atoms with van der Waals surface area (Å²) in [6.45, 7) is 5.87. The van der Waals surface area contributed by atoms with Crippen LogP contribution in [0.2, 0.25) is 0 Å². The van der Waals surface area contributed by atoms with Crippen LogP contribution >= 0.6 is 0 Å². The molecule has 2 atom stereocenters. The van der Waals surface area contributed by atoms with E-state index in [4.69, 9.17) is 5.14 Å². The van der Waals surface area contributed by atoms with Crippen LogP contribution in [-0.2, 0) is 21.2 Å². The summed E-state index contributed by atoms with van der Waals surface area (Å²) in [5, 5.41) is 8.03. The molecule has 0 spiro atoms. The van der Waals surface area contributed by atoms with Crippen LogP contribution in [0.15, 0.2) is 29.2 Å². The fourth-order valence-corrected chi connectivity index (χ4v) is 2.39. The Hall–Kier alpha value is -1.40. The molecule has 0 aliphatic carbocycles. The van der Waals surface area contributed by atoms with Gasteiger partial charge in [0.2, 0.25) is 15.9 Å². The quantitative estimate of drug-likeness (QED) is 0.804. The maximum Gasteiger partial charge on any atom is 0.238 e. The first-order valence-corrected chi connectivity index (χ1v) is 8.70. The Balaban J connectivity index is 2.50. The zero-order chi connectivity index (χ0) is 16.0. The van der Waals surface area contributed by atoms with Crippen LogP contribution in [0.1, 0.15) is 39.2 Å². The lowest BCUT2D eigenvalue weighted by Gasteiger charge is -2.16. The van der Waals surface area contributed by atoms with Crippen LogP contribution in [-0.4, -0.2) is 20.4 Å². The number of nitrogens with one attached hydrogen (secondary N) is 1. The molecule has 5 nitrogen and oxygen atoms in total. The highest BCUT2D eigenvalue weighted by Crippen LogP contribution is 2.11. The third kappa shape index (κ3) is 5.85. The zero-order valence-corrected chi connectivity index (χ0v) is 13.6. The van der Waals surface area contributed by atoms with Gasteiger partial charge in [0.15, 0.2) is 0 Å². The van der Waals surface area contributed by atoms with Gasteiger partial charge in [-0.15, -0.1) is 0 Å². The summed E-state index contributed by atoms with van der Waals surface area (Å²) in [6.07, 6.45) is 2.40. The van der Waals surface area contributed by atoms with E-state index in [0.29, 0.717) is 0 Å². The molecule has 0 aromatic heterocycles. The Morgan fingerprint density at radius 1 is 1.24 bits per heavy atom. The molecule has 3 N–H and O–H groups in total. The minimum absolute atomic E-state index is 0.0292. The summed E-state index contributed by atoms with van der Waals surface area (Å²) in [5.74, 6) is 0.107. The lowest BCUT2D eigenvalue weighted by molar-refractivity contribution is -0.125. The number of aryl methyl sites for hydroxylation is 1. The summed E-state index contributed by atoms with van der Waals surface area (Å²) >= 11 is 0. The average molecular weight is 312 g/mol. The number of primary sulfonamides is 1. The van der Waals surface area contributed by atoms with Crippen molar-refractivity contribution in [2.24, 2.45) is 11.1 Å². The van der Waals surface area contributed by atoms with Gasteiger partial charge in [-0.3, -0.25) is 4.79 Å². The van der Waals surface area contributed by atoms with Crippen LogP contribution < -0.4 is 10.5 Å². The molecule has 0 aliphatic rings. The van der Waals surface area contributed by atoms with E-state index in [9.17, 15) is 13.2 Å². The highest BCUT2D eigenvalue weighted by molar-refractivity contribution is 7.89. The normalized spacial score (nSPS) is 14.5. The Morgan fingerprint density at radius 3 is 2.29 bits per heavy atom. The molecule has 1 amide bonds. The first-order chi connectivity index (χ1) is 9.74. The van der Waals surface area contributed by atoms with Gasteiger partial charge in [0.25, 0.3) is 0 Å². The Labute approximate surface area is 127 Å². The van der Waals surface area contributed by atoms with E-state index in [2.05, 4.69) is 5.32 Å². The molecule has 118 valence electrons. The maximum absolute atomic E-state index is 11.8. The van der Waals surface area contributed by atoms with Gasteiger partial charge >= 0.3 is 0 Å². The van der Waals surface area contributed by atoms with Crippen molar-refractivity contribution in [3.63, 3.8) is 0 Å². The molecule has 0 bridgehead atoms. The topological polar surface area (TPSA) is 89.3 Å². The molecular formula is C15H24N2O3S. The summed E-state index contributed by atoms with van der Waals surface area (Å²) in [7, 11) is -3.64. The van der Waals surface area contributed by atoms with Crippen molar-refractivity contribution in [3.05, 3.63) is 29.8 Å². The van der Waals surface area contributed by atoms with E-state index in [-0.39, 0.29) is 22.8 Å². The third-order valence-corrected chi connectivity index (χ3v) is 4.50. The second-order valence-corrected chi connectivity index (χ2v) is 7.01. The molecule has 0 aliphatic heterocycles. The number of hydrogen-bond acceptors (Lipinski definition) is 3. The number of carbonyl (C=O) groups excluding carboxylic acids is 1. The number of benzene rings is 1. The monoisotopic (exact) mass is 312 g/mol. The Kier molecular flexibility index (Phi) is 6.36. The van der Waals surface area contributed by atoms with Crippen LogP contribution in [0.4, 0.5) is 0 Å². The molecule has 1 aromatic carbocycles. The van der Waals surface area contributed by atoms with Crippen molar-refractivity contribution in [1.29, 1.82) is 0 Å². The van der Waals surface area contributed by atoms with Gasteiger partial charge in [0.1, 0.15) is 0 Å². The van der Waals surface area contributed by atoms with Crippen molar-refractivity contribution >= 4 is 15.9 Å². The van der Waals surface area contributed by atoms with Crippen LogP contribution in [0.25, 0.3) is 0 Å². The predicted octanol–water partition coefficient (Wildman–Crippen LogP) is 1.82. The predicted molar refractivity (Wildman–Crippen MR) is 83.2 cm³/mol. The van der Waals surface area contributed by atoms with E-state index in [1.165, 1.54) is 12.1 Å². The molecule has 0 heterocycles. The highest BCUT2D eigenvalue weighted by Gasteiger charge is 2.13. The molecule has 1 aromatic rings. The summed E-state index contributed by atoms with van der Waals surface area (Å²) < 4.78 is 22.3. The summed E-state index contributed by atoms with van der Waals surface area (Å²) in [5.41, 5.74) is 1.02. The number of carbonyl (C=O) groups is 1. The molecular weight excluding hydrogens is 288 g/mol. The second kappa shape index (κ2) is 7.56. The maximum atomic E-state index is 11.8. The van der Waals surface area contributed by atoms with Gasteiger partial charge in [-0.05, 0) is 43.9 Å². The zero-order valence-electron chi connectivity index (χ0n) is 12.8. The van der Waals surface area contributed by atoms with Crippen molar-refractivity contribution < 1.29 is 13.2 Å². The smallest absolute Gasteiger partial charge is 0.238 e. The molecule has 6 heteroatoms. The molecule has 21 heavy (non-hydrogen) atoms. The van der Waals surface area contributed by atoms with Crippen molar-refractivity contribution in [1.82, 2.24) is 5.32 Å². The largest absolute Gasteiger partial charge is 0.353 e. The van der Waals surface area contributed by atoms with Gasteiger partial charge in [-0.25, -0.2) is 13.6 Å². The lowest BCUT2D eigenvalue weighted by Crippen LogP contribution is -2.36. The third-order valence-electron chi connectivity index (χ3n) is 3.57. The molecule has 2 unspecified atom stereocenters. The van der Waals surface area contributed by atoms with Gasteiger partial charge in [0, 0.05) is 12.0 Å². The van der Waals surface area contributed by atoms with Gasteiger partial charge < -0.3 is 5.32 Å². The van der Waals surface area contributed by atoms with Crippen LogP contribution in [0, 0.1) is 5.92 Å². The molecule has 0 radical (unpaired) electrons. The molecule has 0 saturated heterocycles. The second-order valence-electron chi connectivity index (χ2n) is 5.45. The Morgan fingerprint density at radius 2 is 1.81 bits per heavy atom. The van der Waals surface area contributed by atoms with Crippen molar-refractivity contribution in [2.45, 2.75) is 51.0 Å². The fourth-order valence-electron chi connectivity index (χ4n) is 1.87. The van der Waals surface area contributed by atoms with Crippen LogP contribution in [0.5, 0.6) is 0 Å². The summed E-state index contributed by atoms with van der Waals surface area (Å²) in [4.78, 5) is 11.9. The average Bonchev–Trinajstić information content (AvgIpc) is 2.43.